The van der Waals surface area contributed by atoms with Gasteiger partial charge in [0.05, 0.1) is 18.5 Å². The summed E-state index contributed by atoms with van der Waals surface area (Å²) in [4.78, 5) is 0. The van der Waals surface area contributed by atoms with Crippen LogP contribution < -0.4 is 5.32 Å². The number of aliphatic hydroxyl groups excluding tert-OH is 1. The van der Waals surface area contributed by atoms with Crippen LogP contribution >= 0.6 is 0 Å². The third-order valence-electron chi connectivity index (χ3n) is 3.57. The summed E-state index contributed by atoms with van der Waals surface area (Å²) in [5, 5.41) is 16.8. The Bertz CT molecular complexity index is 577. The largest absolute Gasteiger partial charge is 0.396 e. The number of halogens is 1. The molecule has 1 heterocycles. The second-order valence-electron chi connectivity index (χ2n) is 5.59. The van der Waals surface area contributed by atoms with E-state index in [1.807, 2.05) is 13.1 Å². The molecule has 2 N–H and O–H groups in total. The minimum absolute atomic E-state index is 0.0989. The highest BCUT2D eigenvalue weighted by molar-refractivity contribution is 5.31. The van der Waals surface area contributed by atoms with Gasteiger partial charge in [-0.15, -0.1) is 0 Å². The Kier molecular flexibility index (Phi) is 5.65. The summed E-state index contributed by atoms with van der Waals surface area (Å²) < 4.78 is 19.8. The molecule has 0 saturated heterocycles. The minimum atomic E-state index is -0.290. The van der Waals surface area contributed by atoms with Gasteiger partial charge in [-0.1, -0.05) is 0 Å². The molecule has 1 aromatic carbocycles. The average molecular weight is 307 g/mol. The van der Waals surface area contributed by atoms with Gasteiger partial charge in [-0.25, -0.2) is 9.07 Å². The lowest BCUT2D eigenvalue weighted by Gasteiger charge is -2.29. The summed E-state index contributed by atoms with van der Waals surface area (Å²) in [6.45, 7) is 3.24. The molecule has 2 rings (SSSR count). The SMILES string of the molecule is COCC(C)(CCO)NCc1cnn(-c2ccc(F)cc2)c1. The van der Waals surface area contributed by atoms with E-state index >= 15 is 0 Å². The fourth-order valence-electron chi connectivity index (χ4n) is 2.28. The van der Waals surface area contributed by atoms with Crippen LogP contribution in [0.3, 0.4) is 0 Å². The zero-order chi connectivity index (χ0) is 16.0. The second-order valence-corrected chi connectivity index (χ2v) is 5.59. The smallest absolute Gasteiger partial charge is 0.123 e. The van der Waals surface area contributed by atoms with E-state index in [1.54, 1.807) is 30.1 Å². The predicted octanol–water partition coefficient (Wildman–Crippen LogP) is 1.89. The maximum atomic E-state index is 12.9. The summed E-state index contributed by atoms with van der Waals surface area (Å²) in [6.07, 6.45) is 4.27. The standard InChI is InChI=1S/C16H22FN3O2/c1-16(7-8-21,12-22-2)18-9-13-10-19-20(11-13)15-5-3-14(17)4-6-15/h3-6,10-11,18,21H,7-9,12H2,1-2H3. The van der Waals surface area contributed by atoms with Crippen molar-refractivity contribution in [1.29, 1.82) is 0 Å². The summed E-state index contributed by atoms with van der Waals surface area (Å²) in [7, 11) is 1.64. The molecule has 120 valence electrons. The van der Waals surface area contributed by atoms with Crippen molar-refractivity contribution in [2.24, 2.45) is 0 Å². The van der Waals surface area contributed by atoms with E-state index in [2.05, 4.69) is 10.4 Å². The van der Waals surface area contributed by atoms with E-state index in [9.17, 15) is 4.39 Å². The highest BCUT2D eigenvalue weighted by atomic mass is 19.1. The molecule has 6 heteroatoms. The number of aliphatic hydroxyl groups is 1. The minimum Gasteiger partial charge on any atom is -0.396 e. The second kappa shape index (κ2) is 7.49. The van der Waals surface area contributed by atoms with Crippen molar-refractivity contribution in [3.63, 3.8) is 0 Å². The maximum Gasteiger partial charge on any atom is 0.123 e. The van der Waals surface area contributed by atoms with Gasteiger partial charge >= 0.3 is 0 Å². The van der Waals surface area contributed by atoms with Crippen LogP contribution in [0.1, 0.15) is 18.9 Å². The molecule has 1 atom stereocenters. The van der Waals surface area contributed by atoms with Crippen molar-refractivity contribution in [3.8, 4) is 5.69 Å². The van der Waals surface area contributed by atoms with Gasteiger partial charge in [-0.05, 0) is 37.6 Å². The van der Waals surface area contributed by atoms with Gasteiger partial charge in [0.1, 0.15) is 5.82 Å². The summed E-state index contributed by atoms with van der Waals surface area (Å²) in [5.41, 5.74) is 1.52. The number of rotatable bonds is 8. The summed E-state index contributed by atoms with van der Waals surface area (Å²) in [5.74, 6) is -0.267. The van der Waals surface area contributed by atoms with Gasteiger partial charge in [0, 0.05) is 37.6 Å². The zero-order valence-electron chi connectivity index (χ0n) is 12.9. The first-order valence-corrected chi connectivity index (χ1v) is 7.21. The Morgan fingerprint density at radius 1 is 1.36 bits per heavy atom. The number of benzene rings is 1. The van der Waals surface area contributed by atoms with Crippen LogP contribution in [0.2, 0.25) is 0 Å². The molecule has 0 aliphatic heterocycles. The molecular weight excluding hydrogens is 285 g/mol. The lowest BCUT2D eigenvalue weighted by molar-refractivity contribution is 0.0969. The fraction of sp³-hybridized carbons (Fsp3) is 0.438. The lowest BCUT2D eigenvalue weighted by Crippen LogP contribution is -2.46. The van der Waals surface area contributed by atoms with Crippen molar-refractivity contribution in [2.45, 2.75) is 25.4 Å². The lowest BCUT2D eigenvalue weighted by atomic mass is 9.99. The van der Waals surface area contributed by atoms with Gasteiger partial charge < -0.3 is 15.2 Å². The van der Waals surface area contributed by atoms with Crippen LogP contribution in [0, 0.1) is 5.82 Å². The third-order valence-corrected chi connectivity index (χ3v) is 3.57. The van der Waals surface area contributed by atoms with E-state index in [1.165, 1.54) is 12.1 Å². The van der Waals surface area contributed by atoms with Crippen molar-refractivity contribution in [2.75, 3.05) is 20.3 Å². The van der Waals surface area contributed by atoms with Gasteiger partial charge in [0.15, 0.2) is 0 Å². The van der Waals surface area contributed by atoms with E-state index in [-0.39, 0.29) is 18.0 Å². The molecule has 0 aliphatic rings. The van der Waals surface area contributed by atoms with Crippen LogP contribution in [0.25, 0.3) is 5.69 Å². The Hall–Kier alpha value is -1.76. The highest BCUT2D eigenvalue weighted by Gasteiger charge is 2.23. The van der Waals surface area contributed by atoms with Gasteiger partial charge in [-0.3, -0.25) is 0 Å². The number of aromatic nitrogens is 2. The van der Waals surface area contributed by atoms with Gasteiger partial charge in [-0.2, -0.15) is 5.10 Å². The number of hydrogen-bond donors (Lipinski definition) is 2. The van der Waals surface area contributed by atoms with Crippen LogP contribution in [-0.2, 0) is 11.3 Å². The highest BCUT2D eigenvalue weighted by Crippen LogP contribution is 2.13. The number of hydrogen-bond acceptors (Lipinski definition) is 4. The van der Waals surface area contributed by atoms with Gasteiger partial charge in [0.25, 0.3) is 0 Å². The van der Waals surface area contributed by atoms with Crippen molar-refractivity contribution < 1.29 is 14.2 Å². The van der Waals surface area contributed by atoms with E-state index in [0.717, 1.165) is 11.3 Å². The van der Waals surface area contributed by atoms with Crippen LogP contribution in [0.4, 0.5) is 4.39 Å². The van der Waals surface area contributed by atoms with Crippen LogP contribution in [-0.4, -0.2) is 40.7 Å². The molecule has 0 radical (unpaired) electrons. The monoisotopic (exact) mass is 307 g/mol. The molecule has 0 aliphatic carbocycles. The van der Waals surface area contributed by atoms with Crippen LogP contribution in [0.15, 0.2) is 36.7 Å². The zero-order valence-corrected chi connectivity index (χ0v) is 12.9. The average Bonchev–Trinajstić information content (AvgIpc) is 2.96. The first-order valence-electron chi connectivity index (χ1n) is 7.21. The topological polar surface area (TPSA) is 59.3 Å². The number of methoxy groups -OCH3 is 1. The molecule has 0 amide bonds. The van der Waals surface area contributed by atoms with Crippen LogP contribution in [0.5, 0.6) is 0 Å². The van der Waals surface area contributed by atoms with Crippen molar-refractivity contribution >= 4 is 0 Å². The van der Waals surface area contributed by atoms with E-state index in [0.29, 0.717) is 19.6 Å². The maximum absolute atomic E-state index is 12.9. The molecular formula is C16H22FN3O2. The fourth-order valence-corrected chi connectivity index (χ4v) is 2.28. The van der Waals surface area contributed by atoms with Crippen molar-refractivity contribution in [1.82, 2.24) is 15.1 Å². The molecule has 22 heavy (non-hydrogen) atoms. The predicted molar refractivity (Wildman–Crippen MR) is 82.3 cm³/mol. The van der Waals surface area contributed by atoms with Crippen molar-refractivity contribution in [3.05, 3.63) is 48.0 Å². The van der Waals surface area contributed by atoms with E-state index < -0.39 is 0 Å². The Balaban J connectivity index is 2.01. The normalized spacial score (nSPS) is 14.0. The molecule has 2 aromatic rings. The number of ether oxygens (including phenoxy) is 1. The van der Waals surface area contributed by atoms with E-state index in [4.69, 9.17) is 9.84 Å². The Labute approximate surface area is 129 Å². The summed E-state index contributed by atoms with van der Waals surface area (Å²) in [6, 6.07) is 6.18. The molecule has 0 saturated carbocycles. The quantitative estimate of drug-likeness (QED) is 0.782. The van der Waals surface area contributed by atoms with Gasteiger partial charge in [0.2, 0.25) is 0 Å². The molecule has 0 fully saturated rings. The number of nitrogens with one attached hydrogen (secondary N) is 1. The molecule has 1 aromatic heterocycles. The first-order chi connectivity index (χ1) is 10.6. The third kappa shape index (κ3) is 4.37. The molecule has 0 spiro atoms. The molecule has 1 unspecified atom stereocenters. The summed E-state index contributed by atoms with van der Waals surface area (Å²) >= 11 is 0. The Morgan fingerprint density at radius 3 is 2.73 bits per heavy atom. The number of nitrogens with zero attached hydrogens (tertiary/aromatic N) is 2. The molecule has 0 bridgehead atoms. The first kappa shape index (κ1) is 16.6. The molecule has 5 nitrogen and oxygen atoms in total. The Morgan fingerprint density at radius 2 is 2.09 bits per heavy atom.